The van der Waals surface area contributed by atoms with E-state index in [4.69, 9.17) is 0 Å². The van der Waals surface area contributed by atoms with Crippen molar-refractivity contribution < 1.29 is 13.0 Å². The molecule has 10 heteroatoms. The molecule has 0 bridgehead atoms. The quantitative estimate of drug-likeness (QED) is 0.518. The Morgan fingerprint density at radius 1 is 1.15 bits per heavy atom. The molecule has 0 aliphatic carbocycles. The van der Waals surface area contributed by atoms with Crippen LogP contribution in [0.1, 0.15) is 5.56 Å². The van der Waals surface area contributed by atoms with E-state index in [-0.39, 0.29) is 10.4 Å². The van der Waals surface area contributed by atoms with E-state index >= 15 is 0 Å². The van der Waals surface area contributed by atoms with Gasteiger partial charge in [0.05, 0.1) is 17.2 Å². The highest BCUT2D eigenvalue weighted by molar-refractivity contribution is 9.10. The summed E-state index contributed by atoms with van der Waals surface area (Å²) in [5.41, 5.74) is 1.92. The van der Waals surface area contributed by atoms with Crippen LogP contribution in [-0.2, 0) is 16.6 Å². The Morgan fingerprint density at radius 3 is 2.81 bits per heavy atom. The van der Waals surface area contributed by atoms with Gasteiger partial charge in [-0.25, -0.2) is 13.0 Å². The van der Waals surface area contributed by atoms with Gasteiger partial charge in [-0.05, 0) is 56.1 Å². The third kappa shape index (κ3) is 3.33. The van der Waals surface area contributed by atoms with Gasteiger partial charge < -0.3 is 0 Å². The Kier molecular flexibility index (Phi) is 4.21. The Hall–Kier alpha value is -2.72. The van der Waals surface area contributed by atoms with E-state index in [2.05, 4.69) is 40.7 Å². The molecule has 0 aliphatic rings. The van der Waals surface area contributed by atoms with Crippen molar-refractivity contribution in [3.63, 3.8) is 0 Å². The molecule has 0 saturated carbocycles. The molecule has 0 spiro atoms. The van der Waals surface area contributed by atoms with Crippen LogP contribution in [0, 0.1) is 0 Å². The van der Waals surface area contributed by atoms with Crippen molar-refractivity contribution >= 4 is 42.7 Å². The lowest BCUT2D eigenvalue weighted by Gasteiger charge is -2.10. The SMILES string of the molecule is O=S(=O)(Nc1cccc(Cn2cc(Br)cn2)c1)c1cccc2nonc12. The Balaban J connectivity index is 1.62. The summed E-state index contributed by atoms with van der Waals surface area (Å²) in [5, 5.41) is 11.5. The molecule has 2 aromatic heterocycles. The number of halogens is 1. The minimum Gasteiger partial charge on any atom is -0.280 e. The zero-order valence-electron chi connectivity index (χ0n) is 13.2. The van der Waals surface area contributed by atoms with Crippen molar-refractivity contribution in [3.05, 3.63) is 64.9 Å². The second kappa shape index (κ2) is 6.54. The summed E-state index contributed by atoms with van der Waals surface area (Å²) >= 11 is 3.35. The number of hydrogen-bond donors (Lipinski definition) is 1. The number of anilines is 1. The van der Waals surface area contributed by atoms with Crippen LogP contribution in [0.2, 0.25) is 0 Å². The molecule has 0 unspecified atom stereocenters. The monoisotopic (exact) mass is 433 g/mol. The standard InChI is InChI=1S/C16H12BrN5O3S/c17-12-8-18-22(10-12)9-11-3-1-4-13(7-11)21-26(23,24)15-6-2-5-14-16(15)20-25-19-14/h1-8,10,21H,9H2. The zero-order chi connectivity index (χ0) is 18.1. The zero-order valence-corrected chi connectivity index (χ0v) is 15.6. The maximum atomic E-state index is 12.7. The Labute approximate surface area is 157 Å². The van der Waals surface area contributed by atoms with Crippen LogP contribution in [0.5, 0.6) is 0 Å². The number of nitrogens with one attached hydrogen (secondary N) is 1. The van der Waals surface area contributed by atoms with Crippen molar-refractivity contribution in [2.75, 3.05) is 4.72 Å². The number of sulfonamides is 1. The fraction of sp³-hybridized carbons (Fsp3) is 0.0625. The molecular formula is C16H12BrN5O3S. The largest absolute Gasteiger partial charge is 0.280 e. The molecule has 0 saturated heterocycles. The van der Waals surface area contributed by atoms with E-state index in [0.717, 1.165) is 10.0 Å². The van der Waals surface area contributed by atoms with Crippen molar-refractivity contribution in [2.24, 2.45) is 0 Å². The molecule has 26 heavy (non-hydrogen) atoms. The van der Waals surface area contributed by atoms with Crippen LogP contribution in [0.3, 0.4) is 0 Å². The van der Waals surface area contributed by atoms with Crippen LogP contribution in [-0.4, -0.2) is 28.5 Å². The normalized spacial score (nSPS) is 11.7. The van der Waals surface area contributed by atoms with Gasteiger partial charge in [-0.3, -0.25) is 9.40 Å². The molecule has 1 N–H and O–H groups in total. The van der Waals surface area contributed by atoms with Gasteiger partial charge in [-0.1, -0.05) is 18.2 Å². The summed E-state index contributed by atoms with van der Waals surface area (Å²) in [5.74, 6) is 0. The molecule has 2 aromatic carbocycles. The van der Waals surface area contributed by atoms with Crippen LogP contribution >= 0.6 is 15.9 Å². The summed E-state index contributed by atoms with van der Waals surface area (Å²) in [6.07, 6.45) is 3.54. The number of fused-ring (bicyclic) bond motifs is 1. The van der Waals surface area contributed by atoms with E-state index in [0.29, 0.717) is 17.7 Å². The summed E-state index contributed by atoms with van der Waals surface area (Å²) in [6.45, 7) is 0.518. The summed E-state index contributed by atoms with van der Waals surface area (Å²) < 4.78 is 35.3. The van der Waals surface area contributed by atoms with Crippen LogP contribution < -0.4 is 4.72 Å². The molecule has 4 aromatic rings. The molecule has 0 aliphatic heterocycles. The Bertz CT molecular complexity index is 1190. The third-order valence-corrected chi connectivity index (χ3v) is 5.49. The maximum absolute atomic E-state index is 12.7. The first-order valence-electron chi connectivity index (χ1n) is 7.52. The van der Waals surface area contributed by atoms with Gasteiger partial charge in [0.25, 0.3) is 10.0 Å². The minimum absolute atomic E-state index is 0.0117. The van der Waals surface area contributed by atoms with Crippen LogP contribution in [0.4, 0.5) is 5.69 Å². The number of benzene rings is 2. The van der Waals surface area contributed by atoms with Gasteiger partial charge in [0.2, 0.25) is 0 Å². The highest BCUT2D eigenvalue weighted by atomic mass is 79.9. The van der Waals surface area contributed by atoms with Gasteiger partial charge >= 0.3 is 0 Å². The minimum atomic E-state index is -3.84. The molecule has 0 fully saturated rings. The average Bonchev–Trinajstić information content (AvgIpc) is 3.23. The number of hydrogen-bond acceptors (Lipinski definition) is 6. The number of nitrogens with zero attached hydrogens (tertiary/aromatic N) is 4. The van der Waals surface area contributed by atoms with E-state index in [1.165, 1.54) is 6.07 Å². The van der Waals surface area contributed by atoms with Crippen molar-refractivity contribution in [3.8, 4) is 0 Å². The first kappa shape index (κ1) is 16.7. The first-order chi connectivity index (χ1) is 12.5. The van der Waals surface area contributed by atoms with E-state index in [1.54, 1.807) is 41.2 Å². The van der Waals surface area contributed by atoms with Crippen molar-refractivity contribution in [2.45, 2.75) is 11.4 Å². The van der Waals surface area contributed by atoms with Gasteiger partial charge in [0.1, 0.15) is 10.4 Å². The molecule has 132 valence electrons. The molecule has 0 radical (unpaired) electrons. The van der Waals surface area contributed by atoms with Gasteiger partial charge in [0.15, 0.2) is 5.52 Å². The highest BCUT2D eigenvalue weighted by Crippen LogP contribution is 2.23. The van der Waals surface area contributed by atoms with E-state index in [1.807, 2.05) is 12.3 Å². The first-order valence-corrected chi connectivity index (χ1v) is 9.80. The fourth-order valence-electron chi connectivity index (χ4n) is 2.55. The highest BCUT2D eigenvalue weighted by Gasteiger charge is 2.20. The summed E-state index contributed by atoms with van der Waals surface area (Å²) in [4.78, 5) is 0.0117. The van der Waals surface area contributed by atoms with Crippen LogP contribution in [0.25, 0.3) is 11.0 Å². The fourth-order valence-corrected chi connectivity index (χ4v) is 4.08. The molecule has 0 amide bonds. The predicted molar refractivity (Wildman–Crippen MR) is 98.1 cm³/mol. The lowest BCUT2D eigenvalue weighted by Crippen LogP contribution is -2.13. The van der Waals surface area contributed by atoms with E-state index in [9.17, 15) is 8.42 Å². The molecular weight excluding hydrogens is 422 g/mol. The molecule has 0 atom stereocenters. The number of rotatable bonds is 5. The van der Waals surface area contributed by atoms with Crippen LogP contribution in [0.15, 0.2) is 68.9 Å². The molecule has 4 rings (SSSR count). The van der Waals surface area contributed by atoms with E-state index < -0.39 is 10.0 Å². The summed E-state index contributed by atoms with van der Waals surface area (Å²) in [6, 6.07) is 11.8. The number of aromatic nitrogens is 4. The maximum Gasteiger partial charge on any atom is 0.264 e. The predicted octanol–water partition coefficient (Wildman–Crippen LogP) is 3.03. The lowest BCUT2D eigenvalue weighted by molar-refractivity contribution is 0.315. The second-order valence-corrected chi connectivity index (χ2v) is 8.12. The van der Waals surface area contributed by atoms with Gasteiger partial charge in [0, 0.05) is 11.9 Å². The second-order valence-electron chi connectivity index (χ2n) is 5.55. The topological polar surface area (TPSA) is 103 Å². The molecule has 8 nitrogen and oxygen atoms in total. The van der Waals surface area contributed by atoms with Crippen molar-refractivity contribution in [1.29, 1.82) is 0 Å². The smallest absolute Gasteiger partial charge is 0.264 e. The molecule has 2 heterocycles. The lowest BCUT2D eigenvalue weighted by atomic mass is 10.2. The van der Waals surface area contributed by atoms with Gasteiger partial charge in [-0.2, -0.15) is 5.10 Å². The van der Waals surface area contributed by atoms with Crippen molar-refractivity contribution in [1.82, 2.24) is 20.1 Å². The Morgan fingerprint density at radius 2 is 2.00 bits per heavy atom. The third-order valence-electron chi connectivity index (χ3n) is 3.66. The van der Waals surface area contributed by atoms with Gasteiger partial charge in [-0.15, -0.1) is 0 Å². The average molecular weight is 434 g/mol. The summed E-state index contributed by atoms with van der Waals surface area (Å²) in [7, 11) is -3.84.